The summed E-state index contributed by atoms with van der Waals surface area (Å²) in [4.78, 5) is 11.1. The molecule has 1 saturated heterocycles. The third-order valence-corrected chi connectivity index (χ3v) is 3.55. The molecule has 1 aromatic rings. The maximum Gasteiger partial charge on any atom is 0.222 e. The van der Waals surface area contributed by atoms with Gasteiger partial charge in [-0.25, -0.2) is 9.97 Å². The van der Waals surface area contributed by atoms with E-state index in [1.54, 1.807) is 6.20 Å². The highest BCUT2D eigenvalue weighted by molar-refractivity contribution is 5.25. The molecule has 1 aliphatic rings. The molecular weight excluding hydrogens is 226 g/mol. The Hall–Kier alpha value is -1.20. The van der Waals surface area contributed by atoms with Crippen molar-refractivity contribution in [2.45, 2.75) is 31.7 Å². The molecule has 0 amide bonds. The Morgan fingerprint density at radius 3 is 3.17 bits per heavy atom. The van der Waals surface area contributed by atoms with Crippen LogP contribution in [0.4, 0.5) is 5.95 Å². The fourth-order valence-electron chi connectivity index (χ4n) is 2.46. The average Bonchev–Trinajstić information content (AvgIpc) is 2.76. The fraction of sp³-hybridized carbons (Fsp3) is 0.692. The highest BCUT2D eigenvalue weighted by Crippen LogP contribution is 2.17. The first-order valence-corrected chi connectivity index (χ1v) is 6.75. The van der Waals surface area contributed by atoms with Gasteiger partial charge in [-0.2, -0.15) is 0 Å². The Bertz CT molecular complexity index is 368. The molecule has 5 nitrogen and oxygen atoms in total. The van der Waals surface area contributed by atoms with Gasteiger partial charge in [0.2, 0.25) is 5.95 Å². The first-order chi connectivity index (χ1) is 8.79. The topological polar surface area (TPSA) is 67.1 Å². The van der Waals surface area contributed by atoms with E-state index in [9.17, 15) is 0 Å². The average molecular weight is 249 g/mol. The Balaban J connectivity index is 1.77. The molecule has 2 rings (SSSR count). The molecule has 2 heterocycles. The van der Waals surface area contributed by atoms with Gasteiger partial charge in [-0.05, 0) is 45.5 Å². The Morgan fingerprint density at radius 1 is 1.56 bits per heavy atom. The van der Waals surface area contributed by atoms with Crippen LogP contribution < -0.4 is 11.1 Å². The van der Waals surface area contributed by atoms with E-state index in [1.165, 1.54) is 19.4 Å². The van der Waals surface area contributed by atoms with Crippen molar-refractivity contribution < 1.29 is 0 Å². The lowest BCUT2D eigenvalue weighted by Gasteiger charge is -2.19. The molecule has 5 heteroatoms. The lowest BCUT2D eigenvalue weighted by atomic mass is 10.1. The van der Waals surface area contributed by atoms with Crippen LogP contribution in [0.15, 0.2) is 12.3 Å². The summed E-state index contributed by atoms with van der Waals surface area (Å²) in [6.45, 7) is 2.79. The van der Waals surface area contributed by atoms with Gasteiger partial charge < -0.3 is 16.0 Å². The molecule has 1 aromatic heterocycles. The smallest absolute Gasteiger partial charge is 0.222 e. The van der Waals surface area contributed by atoms with E-state index in [1.807, 2.05) is 6.07 Å². The summed E-state index contributed by atoms with van der Waals surface area (Å²) < 4.78 is 0. The van der Waals surface area contributed by atoms with Crippen molar-refractivity contribution >= 4 is 5.95 Å². The van der Waals surface area contributed by atoms with E-state index in [0.717, 1.165) is 31.0 Å². The molecule has 0 radical (unpaired) electrons. The summed E-state index contributed by atoms with van der Waals surface area (Å²) in [5, 5.41) is 3.30. The van der Waals surface area contributed by atoms with Crippen LogP contribution in [0.5, 0.6) is 0 Å². The number of nitrogens with one attached hydrogen (secondary N) is 1. The summed E-state index contributed by atoms with van der Waals surface area (Å²) in [5.74, 6) is 0.724. The van der Waals surface area contributed by atoms with Crippen LogP contribution >= 0.6 is 0 Å². The summed E-state index contributed by atoms with van der Waals surface area (Å²) in [6, 6.07) is 2.63. The van der Waals surface area contributed by atoms with Crippen molar-refractivity contribution in [1.82, 2.24) is 14.9 Å². The Kier molecular flexibility index (Phi) is 4.90. The van der Waals surface area contributed by atoms with E-state index < -0.39 is 0 Å². The minimum absolute atomic E-state index is 0.628. The zero-order valence-corrected chi connectivity index (χ0v) is 11.1. The van der Waals surface area contributed by atoms with Gasteiger partial charge in [-0.1, -0.05) is 0 Å². The molecule has 0 aromatic carbocycles. The number of aromatic nitrogens is 2. The molecule has 1 aliphatic heterocycles. The first kappa shape index (κ1) is 13.2. The Morgan fingerprint density at radius 2 is 2.44 bits per heavy atom. The highest BCUT2D eigenvalue weighted by Gasteiger charge is 2.19. The predicted octanol–water partition coefficient (Wildman–Crippen LogP) is 0.874. The lowest BCUT2D eigenvalue weighted by molar-refractivity contribution is 0.301. The molecule has 1 unspecified atom stereocenters. The third-order valence-electron chi connectivity index (χ3n) is 3.55. The van der Waals surface area contributed by atoms with E-state index in [4.69, 9.17) is 5.73 Å². The van der Waals surface area contributed by atoms with Gasteiger partial charge >= 0.3 is 0 Å². The molecule has 1 atom stereocenters. The van der Waals surface area contributed by atoms with Gasteiger partial charge in [0.05, 0.1) is 0 Å². The molecular formula is C13H23N5. The number of likely N-dealkylation sites (tertiary alicyclic amines) is 1. The minimum atomic E-state index is 0.628. The standard InChI is InChI=1S/C13H23N5/c1-18-10-2-3-12(18)6-9-16-13-15-8-5-11(17-13)4-7-14/h5,8,12H,2-4,6-7,9-10,14H2,1H3,(H,15,16,17). The van der Waals surface area contributed by atoms with Crippen LogP contribution in [0.25, 0.3) is 0 Å². The van der Waals surface area contributed by atoms with Gasteiger partial charge in [-0.3, -0.25) is 0 Å². The second kappa shape index (κ2) is 6.66. The van der Waals surface area contributed by atoms with Crippen LogP contribution in [0.3, 0.4) is 0 Å². The van der Waals surface area contributed by atoms with Crippen LogP contribution in [-0.2, 0) is 6.42 Å². The van der Waals surface area contributed by atoms with E-state index in [0.29, 0.717) is 12.6 Å². The maximum absolute atomic E-state index is 5.52. The number of nitrogens with zero attached hydrogens (tertiary/aromatic N) is 3. The number of hydrogen-bond acceptors (Lipinski definition) is 5. The largest absolute Gasteiger partial charge is 0.354 e. The molecule has 100 valence electrons. The predicted molar refractivity (Wildman–Crippen MR) is 73.5 cm³/mol. The van der Waals surface area contributed by atoms with Crippen LogP contribution in [0.1, 0.15) is 25.0 Å². The second-order valence-electron chi connectivity index (χ2n) is 4.90. The maximum atomic E-state index is 5.52. The molecule has 1 fully saturated rings. The zero-order chi connectivity index (χ0) is 12.8. The molecule has 0 saturated carbocycles. The van der Waals surface area contributed by atoms with Gasteiger partial charge in [0.1, 0.15) is 0 Å². The van der Waals surface area contributed by atoms with Gasteiger partial charge in [-0.15, -0.1) is 0 Å². The fourth-order valence-corrected chi connectivity index (χ4v) is 2.46. The van der Waals surface area contributed by atoms with Crippen molar-refractivity contribution in [3.63, 3.8) is 0 Å². The highest BCUT2D eigenvalue weighted by atomic mass is 15.2. The second-order valence-corrected chi connectivity index (χ2v) is 4.90. The number of nitrogens with two attached hydrogens (primary N) is 1. The van der Waals surface area contributed by atoms with Crippen LogP contribution in [0, 0.1) is 0 Å². The first-order valence-electron chi connectivity index (χ1n) is 6.75. The quantitative estimate of drug-likeness (QED) is 0.783. The monoisotopic (exact) mass is 249 g/mol. The zero-order valence-electron chi connectivity index (χ0n) is 11.1. The van der Waals surface area contributed by atoms with Crippen molar-refractivity contribution in [3.8, 4) is 0 Å². The van der Waals surface area contributed by atoms with Crippen molar-refractivity contribution in [3.05, 3.63) is 18.0 Å². The number of anilines is 1. The van der Waals surface area contributed by atoms with Gasteiger partial charge in [0.15, 0.2) is 0 Å². The van der Waals surface area contributed by atoms with Crippen LogP contribution in [-0.4, -0.2) is 47.6 Å². The lowest BCUT2D eigenvalue weighted by Crippen LogP contribution is -2.27. The summed E-state index contributed by atoms with van der Waals surface area (Å²) >= 11 is 0. The van der Waals surface area contributed by atoms with Gasteiger partial charge in [0, 0.05) is 30.9 Å². The third kappa shape index (κ3) is 3.65. The normalized spacial score (nSPS) is 20.2. The molecule has 3 N–H and O–H groups in total. The van der Waals surface area contributed by atoms with E-state index in [2.05, 4.69) is 27.2 Å². The van der Waals surface area contributed by atoms with Crippen molar-refractivity contribution in [1.29, 1.82) is 0 Å². The SMILES string of the molecule is CN1CCCC1CCNc1nccc(CCN)n1. The summed E-state index contributed by atoms with van der Waals surface area (Å²) in [6.07, 6.45) is 6.39. The number of rotatable bonds is 6. The van der Waals surface area contributed by atoms with E-state index >= 15 is 0 Å². The molecule has 0 spiro atoms. The van der Waals surface area contributed by atoms with Gasteiger partial charge in [0.25, 0.3) is 0 Å². The molecule has 0 bridgehead atoms. The molecule has 0 aliphatic carbocycles. The summed E-state index contributed by atoms with van der Waals surface area (Å²) in [5.41, 5.74) is 6.53. The molecule has 18 heavy (non-hydrogen) atoms. The Labute approximate surface area is 109 Å². The summed E-state index contributed by atoms with van der Waals surface area (Å²) in [7, 11) is 2.20. The number of hydrogen-bond donors (Lipinski definition) is 2. The van der Waals surface area contributed by atoms with Crippen LogP contribution in [0.2, 0.25) is 0 Å². The van der Waals surface area contributed by atoms with Crippen molar-refractivity contribution in [2.24, 2.45) is 5.73 Å². The minimum Gasteiger partial charge on any atom is -0.354 e. The van der Waals surface area contributed by atoms with E-state index in [-0.39, 0.29) is 0 Å². The van der Waals surface area contributed by atoms with Crippen molar-refractivity contribution in [2.75, 3.05) is 32.0 Å².